The predicted molar refractivity (Wildman–Crippen MR) is 117 cm³/mol. The molecule has 0 bridgehead atoms. The van der Waals surface area contributed by atoms with Crippen LogP contribution < -0.4 is 11.0 Å². The lowest BCUT2D eigenvalue weighted by atomic mass is 10.00. The van der Waals surface area contributed by atoms with E-state index in [2.05, 4.69) is 31.1 Å². The first kappa shape index (κ1) is 24.2. The number of aromatic nitrogens is 2. The molecule has 2 heterocycles. The van der Waals surface area contributed by atoms with E-state index in [-0.39, 0.29) is 16.9 Å². The van der Waals surface area contributed by atoms with Crippen LogP contribution in [0.15, 0.2) is 11.0 Å². The average Bonchev–Trinajstić information content (AvgIpc) is 3.08. The van der Waals surface area contributed by atoms with Gasteiger partial charge in [-0.15, -0.1) is 11.8 Å². The van der Waals surface area contributed by atoms with E-state index in [1.54, 1.807) is 11.8 Å². The van der Waals surface area contributed by atoms with Crippen LogP contribution >= 0.6 is 11.8 Å². The summed E-state index contributed by atoms with van der Waals surface area (Å²) in [5.74, 6) is -0.0481. The predicted octanol–water partition coefficient (Wildman–Crippen LogP) is 4.95. The third-order valence-corrected chi connectivity index (χ3v) is 5.78. The molecule has 29 heavy (non-hydrogen) atoms. The van der Waals surface area contributed by atoms with Crippen LogP contribution in [0.3, 0.4) is 0 Å². The molecule has 8 heteroatoms. The fourth-order valence-corrected chi connectivity index (χ4v) is 4.10. The number of rotatable bonds is 10. The molecule has 6 nitrogen and oxygen atoms in total. The second kappa shape index (κ2) is 10.3. The standard InChI is InChI=1S/C21H36FN3O3S/c1-7-8-9-10-11-21(5,6)27-13-17-28-16(14-29-17)25-12-15(22)18(23-19(25)26)24-20(2,3)4/h12,16-17H,7-11,13-14H2,1-6H3,(H,23,24,26)/t16-,17+/m0/s1. The van der Waals surface area contributed by atoms with Crippen molar-refractivity contribution in [3.8, 4) is 0 Å². The molecule has 1 aromatic rings. The van der Waals surface area contributed by atoms with E-state index in [1.807, 2.05) is 20.8 Å². The molecule has 0 aliphatic carbocycles. The molecule has 1 aliphatic heterocycles. The van der Waals surface area contributed by atoms with Gasteiger partial charge in [0.25, 0.3) is 0 Å². The van der Waals surface area contributed by atoms with Gasteiger partial charge in [-0.3, -0.25) is 4.57 Å². The molecule has 2 rings (SSSR count). The molecule has 1 saturated heterocycles. The quantitative estimate of drug-likeness (QED) is 0.531. The van der Waals surface area contributed by atoms with E-state index >= 15 is 0 Å². The van der Waals surface area contributed by atoms with Gasteiger partial charge in [-0.2, -0.15) is 4.98 Å². The molecule has 1 aromatic heterocycles. The van der Waals surface area contributed by atoms with Crippen molar-refractivity contribution in [2.75, 3.05) is 17.7 Å². The Kier molecular flexibility index (Phi) is 8.55. The number of thioether (sulfide) groups is 1. The van der Waals surface area contributed by atoms with Gasteiger partial charge < -0.3 is 14.8 Å². The van der Waals surface area contributed by atoms with Gasteiger partial charge in [-0.05, 0) is 41.0 Å². The van der Waals surface area contributed by atoms with E-state index in [1.165, 1.54) is 30.0 Å². The lowest BCUT2D eigenvalue weighted by Gasteiger charge is -2.27. The molecule has 0 saturated carbocycles. The molecule has 0 radical (unpaired) electrons. The molecule has 2 atom stereocenters. The maximum atomic E-state index is 14.4. The minimum absolute atomic E-state index is 0.0332. The molecule has 0 amide bonds. The van der Waals surface area contributed by atoms with Crippen LogP contribution in [0.4, 0.5) is 10.2 Å². The summed E-state index contributed by atoms with van der Waals surface area (Å²) in [6.45, 7) is 12.5. The summed E-state index contributed by atoms with van der Waals surface area (Å²) < 4.78 is 27.7. The van der Waals surface area contributed by atoms with Crippen LogP contribution in [-0.2, 0) is 9.47 Å². The van der Waals surface area contributed by atoms with Crippen molar-refractivity contribution in [3.63, 3.8) is 0 Å². The van der Waals surface area contributed by atoms with Gasteiger partial charge in [0.1, 0.15) is 11.7 Å². The zero-order chi connectivity index (χ0) is 21.7. The molecule has 1 fully saturated rings. The summed E-state index contributed by atoms with van der Waals surface area (Å²) >= 11 is 1.57. The Morgan fingerprint density at radius 3 is 2.69 bits per heavy atom. The molecule has 1 N–H and O–H groups in total. The van der Waals surface area contributed by atoms with Crippen molar-refractivity contribution in [3.05, 3.63) is 22.5 Å². The van der Waals surface area contributed by atoms with Gasteiger partial charge in [0, 0.05) is 11.3 Å². The van der Waals surface area contributed by atoms with Gasteiger partial charge in [-0.25, -0.2) is 9.18 Å². The number of ether oxygens (including phenoxy) is 2. The normalized spacial score (nSPS) is 20.2. The van der Waals surface area contributed by atoms with Crippen molar-refractivity contribution >= 4 is 17.6 Å². The van der Waals surface area contributed by atoms with Gasteiger partial charge in [0.15, 0.2) is 11.6 Å². The lowest BCUT2D eigenvalue weighted by molar-refractivity contribution is -0.0793. The Morgan fingerprint density at radius 2 is 2.03 bits per heavy atom. The molecular formula is C21H36FN3O3S. The summed E-state index contributed by atoms with van der Waals surface area (Å²) in [4.78, 5) is 16.2. The topological polar surface area (TPSA) is 65.4 Å². The fraction of sp³-hybridized carbons (Fsp3) is 0.810. The van der Waals surface area contributed by atoms with E-state index in [0.717, 1.165) is 12.8 Å². The van der Waals surface area contributed by atoms with Gasteiger partial charge in [0.2, 0.25) is 0 Å². The zero-order valence-electron chi connectivity index (χ0n) is 18.6. The second-order valence-corrected chi connectivity index (χ2v) is 10.4. The van der Waals surface area contributed by atoms with Crippen molar-refractivity contribution in [2.45, 2.75) is 96.5 Å². The SMILES string of the molecule is CCCCCCC(C)(C)OC[C@@H]1O[C@H](n2cc(F)c(NC(C)(C)C)nc2=O)CS1. The maximum Gasteiger partial charge on any atom is 0.351 e. The smallest absolute Gasteiger partial charge is 0.351 e. The first-order valence-electron chi connectivity index (χ1n) is 10.5. The zero-order valence-corrected chi connectivity index (χ0v) is 19.4. The summed E-state index contributed by atoms with van der Waals surface area (Å²) in [6, 6.07) is 0. The number of unbranched alkanes of at least 4 members (excludes halogenated alkanes) is 3. The van der Waals surface area contributed by atoms with E-state index in [9.17, 15) is 9.18 Å². The molecular weight excluding hydrogens is 393 g/mol. The Morgan fingerprint density at radius 1 is 1.31 bits per heavy atom. The third kappa shape index (κ3) is 7.90. The highest BCUT2D eigenvalue weighted by Gasteiger charge is 2.31. The van der Waals surface area contributed by atoms with Crippen LogP contribution in [0, 0.1) is 5.82 Å². The van der Waals surface area contributed by atoms with Crippen molar-refractivity contribution < 1.29 is 13.9 Å². The number of nitrogens with one attached hydrogen (secondary N) is 1. The number of hydrogen-bond donors (Lipinski definition) is 1. The Labute approximate surface area is 178 Å². The van der Waals surface area contributed by atoms with Crippen LogP contribution in [0.1, 0.15) is 79.9 Å². The highest BCUT2D eigenvalue weighted by Crippen LogP contribution is 2.33. The van der Waals surface area contributed by atoms with Crippen LogP contribution in [0.25, 0.3) is 0 Å². The van der Waals surface area contributed by atoms with Gasteiger partial charge >= 0.3 is 5.69 Å². The van der Waals surface area contributed by atoms with Crippen LogP contribution in [-0.4, -0.2) is 38.5 Å². The lowest BCUT2D eigenvalue weighted by Crippen LogP contribution is -2.34. The minimum Gasteiger partial charge on any atom is -0.372 e. The first-order chi connectivity index (χ1) is 13.5. The number of hydrogen-bond acceptors (Lipinski definition) is 6. The molecule has 166 valence electrons. The molecule has 0 unspecified atom stereocenters. The Bertz CT molecular complexity index is 718. The maximum absolute atomic E-state index is 14.4. The monoisotopic (exact) mass is 429 g/mol. The minimum atomic E-state index is -0.568. The summed E-state index contributed by atoms with van der Waals surface area (Å²) in [7, 11) is 0. The average molecular weight is 430 g/mol. The van der Waals surface area contributed by atoms with Crippen molar-refractivity contribution in [1.82, 2.24) is 9.55 Å². The van der Waals surface area contributed by atoms with Gasteiger partial charge in [0.05, 0.1) is 18.4 Å². The highest BCUT2D eigenvalue weighted by atomic mass is 32.2. The second-order valence-electron chi connectivity index (χ2n) is 9.24. The molecule has 0 aromatic carbocycles. The largest absolute Gasteiger partial charge is 0.372 e. The van der Waals surface area contributed by atoms with Crippen LogP contribution in [0.5, 0.6) is 0 Å². The number of halogens is 1. The number of anilines is 1. The van der Waals surface area contributed by atoms with E-state index in [4.69, 9.17) is 9.47 Å². The van der Waals surface area contributed by atoms with Crippen molar-refractivity contribution in [2.24, 2.45) is 0 Å². The van der Waals surface area contributed by atoms with Crippen LogP contribution in [0.2, 0.25) is 0 Å². The van der Waals surface area contributed by atoms with E-state index < -0.39 is 23.3 Å². The fourth-order valence-electron chi connectivity index (χ4n) is 3.11. The van der Waals surface area contributed by atoms with Gasteiger partial charge in [-0.1, -0.05) is 32.6 Å². The Hall–Kier alpha value is -1.12. The number of nitrogens with zero attached hydrogens (tertiary/aromatic N) is 2. The highest BCUT2D eigenvalue weighted by molar-refractivity contribution is 8.00. The Balaban J connectivity index is 1.90. The van der Waals surface area contributed by atoms with E-state index in [0.29, 0.717) is 12.4 Å². The van der Waals surface area contributed by atoms with Crippen molar-refractivity contribution in [1.29, 1.82) is 0 Å². The summed E-state index contributed by atoms with van der Waals surface area (Å²) in [5.41, 5.74) is -1.31. The molecule has 0 spiro atoms. The summed E-state index contributed by atoms with van der Waals surface area (Å²) in [5, 5.41) is 2.91. The summed E-state index contributed by atoms with van der Waals surface area (Å²) in [6.07, 6.45) is 6.48. The molecule has 1 aliphatic rings. The third-order valence-electron chi connectivity index (χ3n) is 4.69. The first-order valence-corrected chi connectivity index (χ1v) is 11.5.